The fourth-order valence-electron chi connectivity index (χ4n) is 4.44. The van der Waals surface area contributed by atoms with Crippen LogP contribution in [0.4, 0.5) is 17.1 Å². The van der Waals surface area contributed by atoms with E-state index in [0.717, 1.165) is 12.8 Å². The van der Waals surface area contributed by atoms with E-state index in [4.69, 9.17) is 4.74 Å². The molecule has 9 nitrogen and oxygen atoms in total. The molecule has 2 aromatic rings. The third kappa shape index (κ3) is 4.98. The molecule has 176 valence electrons. The maximum absolute atomic E-state index is 12.8. The summed E-state index contributed by atoms with van der Waals surface area (Å²) in [6, 6.07) is 12.6. The van der Waals surface area contributed by atoms with Gasteiger partial charge in [0.1, 0.15) is 0 Å². The van der Waals surface area contributed by atoms with Crippen LogP contribution in [0.15, 0.2) is 48.5 Å². The third-order valence-electron chi connectivity index (χ3n) is 6.00. The van der Waals surface area contributed by atoms with Gasteiger partial charge in [-0.3, -0.25) is 24.1 Å². The van der Waals surface area contributed by atoms with Gasteiger partial charge in [-0.1, -0.05) is 18.9 Å². The highest BCUT2D eigenvalue weighted by Crippen LogP contribution is 2.40. The van der Waals surface area contributed by atoms with Gasteiger partial charge in [0, 0.05) is 18.3 Å². The van der Waals surface area contributed by atoms with Crippen molar-refractivity contribution in [1.29, 1.82) is 0 Å². The predicted octanol–water partition coefficient (Wildman–Crippen LogP) is 3.12. The molecule has 1 saturated heterocycles. The van der Waals surface area contributed by atoms with E-state index in [1.54, 1.807) is 36.4 Å². The first kappa shape index (κ1) is 23.2. The van der Waals surface area contributed by atoms with Gasteiger partial charge in [0.25, 0.3) is 5.91 Å². The Labute approximate surface area is 196 Å². The topological polar surface area (TPSA) is 122 Å². The number of benzene rings is 2. The lowest BCUT2D eigenvalue weighted by atomic mass is 9.81. The molecular weight excluding hydrogens is 438 g/mol. The molecule has 1 aliphatic heterocycles. The van der Waals surface area contributed by atoms with Crippen molar-refractivity contribution in [3.8, 4) is 0 Å². The molecule has 2 N–H and O–H groups in total. The molecule has 0 bridgehead atoms. The van der Waals surface area contributed by atoms with Crippen LogP contribution < -0.4 is 15.5 Å². The van der Waals surface area contributed by atoms with Crippen molar-refractivity contribution < 1.29 is 28.7 Å². The summed E-state index contributed by atoms with van der Waals surface area (Å²) in [6.45, 7) is 0.884. The molecule has 34 heavy (non-hydrogen) atoms. The largest absolute Gasteiger partial charge is 0.452 e. The lowest BCUT2D eigenvalue weighted by Gasteiger charge is -2.19. The highest BCUT2D eigenvalue weighted by atomic mass is 16.5. The molecule has 0 radical (unpaired) electrons. The predicted molar refractivity (Wildman–Crippen MR) is 124 cm³/mol. The number of imide groups is 1. The van der Waals surface area contributed by atoms with Crippen LogP contribution in [0, 0.1) is 11.8 Å². The molecule has 0 spiro atoms. The van der Waals surface area contributed by atoms with Gasteiger partial charge < -0.3 is 15.4 Å². The Morgan fingerprint density at radius 2 is 1.50 bits per heavy atom. The summed E-state index contributed by atoms with van der Waals surface area (Å²) >= 11 is 0. The number of esters is 1. The van der Waals surface area contributed by atoms with E-state index < -0.39 is 18.5 Å². The summed E-state index contributed by atoms with van der Waals surface area (Å²) in [5.41, 5.74) is 1.54. The fourth-order valence-corrected chi connectivity index (χ4v) is 4.44. The van der Waals surface area contributed by atoms with Crippen molar-refractivity contribution in [2.24, 2.45) is 11.8 Å². The molecule has 1 saturated carbocycles. The number of carbonyl (C=O) groups excluding carboxylic acids is 5. The Balaban J connectivity index is 1.35. The SMILES string of the molecule is CC(=O)Nc1ccc(NC(=O)COC(=O)c2cccc(N3C(=O)[C@H]4CCCC[C@H]4C3=O)c2)cc1. The van der Waals surface area contributed by atoms with Crippen molar-refractivity contribution in [2.45, 2.75) is 32.6 Å². The Morgan fingerprint density at radius 1 is 0.912 bits per heavy atom. The Bertz CT molecular complexity index is 1120. The number of nitrogens with one attached hydrogen (secondary N) is 2. The van der Waals surface area contributed by atoms with Gasteiger partial charge in [-0.05, 0) is 55.3 Å². The maximum Gasteiger partial charge on any atom is 0.338 e. The van der Waals surface area contributed by atoms with E-state index in [9.17, 15) is 24.0 Å². The molecule has 1 aliphatic carbocycles. The molecule has 0 unspecified atom stereocenters. The molecule has 0 aromatic heterocycles. The lowest BCUT2D eigenvalue weighted by molar-refractivity contribution is -0.122. The highest BCUT2D eigenvalue weighted by Gasteiger charge is 2.48. The van der Waals surface area contributed by atoms with Crippen molar-refractivity contribution in [3.63, 3.8) is 0 Å². The molecule has 2 fully saturated rings. The molecule has 9 heteroatoms. The minimum absolute atomic E-state index is 0.139. The summed E-state index contributed by atoms with van der Waals surface area (Å²) in [4.78, 5) is 62.5. The highest BCUT2D eigenvalue weighted by molar-refractivity contribution is 6.22. The summed E-state index contributed by atoms with van der Waals surface area (Å²) < 4.78 is 5.11. The van der Waals surface area contributed by atoms with Crippen molar-refractivity contribution in [1.82, 2.24) is 0 Å². The van der Waals surface area contributed by atoms with E-state index >= 15 is 0 Å². The van der Waals surface area contributed by atoms with Crippen molar-refractivity contribution in [3.05, 3.63) is 54.1 Å². The monoisotopic (exact) mass is 463 g/mol. The summed E-state index contributed by atoms with van der Waals surface area (Å²) in [5, 5.41) is 5.22. The number of ether oxygens (including phenoxy) is 1. The van der Waals surface area contributed by atoms with E-state index in [-0.39, 0.29) is 35.1 Å². The number of nitrogens with zero attached hydrogens (tertiary/aromatic N) is 1. The number of carbonyl (C=O) groups is 5. The minimum Gasteiger partial charge on any atom is -0.452 e. The van der Waals surface area contributed by atoms with Crippen LogP contribution in [0.3, 0.4) is 0 Å². The number of hydrogen-bond acceptors (Lipinski definition) is 6. The van der Waals surface area contributed by atoms with Crippen LogP contribution in [-0.4, -0.2) is 36.2 Å². The molecule has 2 aliphatic rings. The Hall–Kier alpha value is -4.01. The number of hydrogen-bond donors (Lipinski definition) is 2. The average molecular weight is 463 g/mol. The number of anilines is 3. The zero-order valence-electron chi connectivity index (χ0n) is 18.7. The van der Waals surface area contributed by atoms with Crippen molar-refractivity contribution >= 4 is 46.7 Å². The van der Waals surface area contributed by atoms with E-state index in [0.29, 0.717) is 29.9 Å². The molecular formula is C25H25N3O6. The first-order valence-electron chi connectivity index (χ1n) is 11.2. The number of rotatable bonds is 6. The van der Waals surface area contributed by atoms with Crippen LogP contribution in [0.5, 0.6) is 0 Å². The first-order chi connectivity index (χ1) is 16.3. The van der Waals surface area contributed by atoms with Gasteiger partial charge in [0.05, 0.1) is 23.1 Å². The first-order valence-corrected chi connectivity index (χ1v) is 11.2. The number of amides is 4. The van der Waals surface area contributed by atoms with Crippen LogP contribution >= 0.6 is 0 Å². The zero-order valence-corrected chi connectivity index (χ0v) is 18.7. The van der Waals surface area contributed by atoms with E-state index in [1.165, 1.54) is 24.0 Å². The van der Waals surface area contributed by atoms with Gasteiger partial charge in [-0.2, -0.15) is 0 Å². The van der Waals surface area contributed by atoms with Crippen LogP contribution in [0.1, 0.15) is 43.0 Å². The van der Waals surface area contributed by atoms with E-state index in [1.807, 2.05) is 0 Å². The number of fused-ring (bicyclic) bond motifs is 1. The average Bonchev–Trinajstić information content (AvgIpc) is 3.08. The zero-order chi connectivity index (χ0) is 24.2. The van der Waals surface area contributed by atoms with Crippen molar-refractivity contribution in [2.75, 3.05) is 22.1 Å². The third-order valence-corrected chi connectivity index (χ3v) is 6.00. The smallest absolute Gasteiger partial charge is 0.338 e. The van der Waals surface area contributed by atoms with Gasteiger partial charge in [-0.25, -0.2) is 4.79 Å². The lowest BCUT2D eigenvalue weighted by Crippen LogP contribution is -2.31. The minimum atomic E-state index is -0.741. The van der Waals surface area contributed by atoms with E-state index in [2.05, 4.69) is 10.6 Å². The molecule has 2 atom stereocenters. The van der Waals surface area contributed by atoms with Gasteiger partial charge in [0.2, 0.25) is 17.7 Å². The second kappa shape index (κ2) is 9.86. The van der Waals surface area contributed by atoms with Gasteiger partial charge >= 0.3 is 5.97 Å². The summed E-state index contributed by atoms with van der Waals surface area (Å²) in [5.74, 6) is -2.49. The fraction of sp³-hybridized carbons (Fsp3) is 0.320. The second-order valence-corrected chi connectivity index (χ2v) is 8.44. The summed E-state index contributed by atoms with van der Waals surface area (Å²) in [6.07, 6.45) is 3.28. The maximum atomic E-state index is 12.8. The van der Waals surface area contributed by atoms with Gasteiger partial charge in [0.15, 0.2) is 6.61 Å². The molecule has 4 rings (SSSR count). The van der Waals surface area contributed by atoms with Crippen LogP contribution in [0.2, 0.25) is 0 Å². The van der Waals surface area contributed by atoms with Crippen LogP contribution in [0.25, 0.3) is 0 Å². The molecule has 1 heterocycles. The van der Waals surface area contributed by atoms with Gasteiger partial charge in [-0.15, -0.1) is 0 Å². The Kier molecular flexibility index (Phi) is 6.72. The second-order valence-electron chi connectivity index (χ2n) is 8.44. The summed E-state index contributed by atoms with van der Waals surface area (Å²) in [7, 11) is 0. The van der Waals surface area contributed by atoms with Crippen LogP contribution in [-0.2, 0) is 23.9 Å². The molecule has 2 aromatic carbocycles. The Morgan fingerprint density at radius 3 is 2.09 bits per heavy atom. The quantitative estimate of drug-likeness (QED) is 0.501. The normalized spacial score (nSPS) is 19.4. The standard InChI is InChI=1S/C25H25N3O6/c1-15(29)26-17-9-11-18(12-10-17)27-22(30)14-34-25(33)16-5-4-6-19(13-16)28-23(31)20-7-2-3-8-21(20)24(28)32/h4-6,9-13,20-21H,2-3,7-8,14H2,1H3,(H,26,29)(H,27,30)/t20-,21+. The molecule has 4 amide bonds.